The van der Waals surface area contributed by atoms with Gasteiger partial charge in [0.25, 0.3) is 0 Å². The van der Waals surface area contributed by atoms with E-state index in [-0.39, 0.29) is 41.4 Å². The molecule has 29 heavy (non-hydrogen) atoms. The van der Waals surface area contributed by atoms with Gasteiger partial charge < -0.3 is 19.7 Å². The first-order valence-electron chi connectivity index (χ1n) is 11.1. The third-order valence-corrected chi connectivity index (χ3v) is 6.59. The number of likely N-dealkylation sites (tertiary alicyclic amines) is 1. The topological polar surface area (TPSA) is 66.4 Å². The molecule has 1 aliphatic carbocycles. The zero-order valence-corrected chi connectivity index (χ0v) is 20.5. The van der Waals surface area contributed by atoms with Crippen molar-refractivity contribution in [1.29, 1.82) is 0 Å². The van der Waals surface area contributed by atoms with Crippen molar-refractivity contribution < 1.29 is 14.3 Å². The summed E-state index contributed by atoms with van der Waals surface area (Å²) in [5.74, 6) is 0.807. The highest BCUT2D eigenvalue weighted by atomic mass is 127. The van der Waals surface area contributed by atoms with Gasteiger partial charge in [-0.2, -0.15) is 0 Å². The predicted octanol–water partition coefficient (Wildman–Crippen LogP) is 2.49. The molecule has 0 aromatic rings. The zero-order valence-electron chi connectivity index (χ0n) is 18.2. The van der Waals surface area contributed by atoms with Crippen LogP contribution in [0.5, 0.6) is 0 Å². The molecule has 3 fully saturated rings. The predicted molar refractivity (Wildman–Crippen MR) is 126 cm³/mol. The number of morpholine rings is 1. The van der Waals surface area contributed by atoms with E-state index in [0.29, 0.717) is 13.2 Å². The third-order valence-electron chi connectivity index (χ3n) is 6.59. The molecule has 2 heterocycles. The molecule has 3 rings (SSSR count). The largest absolute Gasteiger partial charge is 0.466 e. The first-order chi connectivity index (χ1) is 13.7. The Labute approximate surface area is 193 Å². The lowest BCUT2D eigenvalue weighted by Gasteiger charge is -2.48. The summed E-state index contributed by atoms with van der Waals surface area (Å²) < 4.78 is 10.8. The third kappa shape index (κ3) is 6.43. The summed E-state index contributed by atoms with van der Waals surface area (Å²) in [4.78, 5) is 21.6. The summed E-state index contributed by atoms with van der Waals surface area (Å²) in [5, 5.41) is 3.68. The maximum atomic E-state index is 12.2. The molecule has 0 bridgehead atoms. The van der Waals surface area contributed by atoms with E-state index in [9.17, 15) is 4.79 Å². The first kappa shape index (κ1) is 24.7. The second-order valence-corrected chi connectivity index (χ2v) is 8.32. The molecule has 0 aromatic heterocycles. The van der Waals surface area contributed by atoms with Crippen molar-refractivity contribution in [1.82, 2.24) is 15.1 Å². The Hall–Kier alpha value is -0.610. The Morgan fingerprint density at radius 2 is 1.90 bits per heavy atom. The summed E-state index contributed by atoms with van der Waals surface area (Å²) in [6, 6.07) is 0. The molecule has 2 aliphatic heterocycles. The Balaban J connectivity index is 0.00000300. The number of carbonyl (C=O) groups is 1. The fourth-order valence-corrected chi connectivity index (χ4v) is 5.05. The average Bonchev–Trinajstić information content (AvgIpc) is 2.76. The smallest absolute Gasteiger partial charge is 0.310 e. The molecule has 168 valence electrons. The van der Waals surface area contributed by atoms with Gasteiger partial charge in [0.15, 0.2) is 5.96 Å². The molecule has 0 radical (unpaired) electrons. The number of ether oxygens (including phenoxy) is 2. The van der Waals surface area contributed by atoms with Crippen molar-refractivity contribution in [3.63, 3.8) is 0 Å². The van der Waals surface area contributed by atoms with E-state index in [0.717, 1.165) is 58.2 Å². The van der Waals surface area contributed by atoms with Crippen molar-refractivity contribution >= 4 is 35.9 Å². The number of guanidine groups is 1. The van der Waals surface area contributed by atoms with Gasteiger partial charge >= 0.3 is 5.97 Å². The summed E-state index contributed by atoms with van der Waals surface area (Å²) in [6.45, 7) is 8.60. The SMILES string of the molecule is CCOC(=O)C1CCCN(C(=NC)NCC2(N3CCOCC3)CCCCC2)C1.I. The molecule has 1 N–H and O–H groups in total. The Morgan fingerprint density at radius 1 is 1.17 bits per heavy atom. The van der Waals surface area contributed by atoms with E-state index in [1.54, 1.807) is 0 Å². The maximum Gasteiger partial charge on any atom is 0.310 e. The van der Waals surface area contributed by atoms with Gasteiger partial charge in [0.1, 0.15) is 0 Å². The average molecular weight is 522 g/mol. The van der Waals surface area contributed by atoms with Crippen LogP contribution in [0.15, 0.2) is 4.99 Å². The van der Waals surface area contributed by atoms with Gasteiger partial charge in [-0.15, -0.1) is 24.0 Å². The fourth-order valence-electron chi connectivity index (χ4n) is 5.05. The van der Waals surface area contributed by atoms with Gasteiger partial charge in [0.05, 0.1) is 25.7 Å². The van der Waals surface area contributed by atoms with E-state index in [2.05, 4.69) is 20.1 Å². The van der Waals surface area contributed by atoms with Gasteiger partial charge in [-0.05, 0) is 32.6 Å². The maximum absolute atomic E-state index is 12.2. The number of rotatable bonds is 5. The van der Waals surface area contributed by atoms with E-state index in [4.69, 9.17) is 9.47 Å². The van der Waals surface area contributed by atoms with Gasteiger partial charge in [0, 0.05) is 45.3 Å². The summed E-state index contributed by atoms with van der Waals surface area (Å²) in [7, 11) is 1.85. The van der Waals surface area contributed by atoms with Crippen LogP contribution >= 0.6 is 24.0 Å². The molecule has 1 unspecified atom stereocenters. The van der Waals surface area contributed by atoms with Crippen molar-refractivity contribution in [2.75, 3.05) is 59.6 Å². The van der Waals surface area contributed by atoms with Crippen molar-refractivity contribution in [2.45, 2.75) is 57.4 Å². The molecule has 8 heteroatoms. The normalized spacial score (nSPS) is 25.8. The number of halogens is 1. The zero-order chi connectivity index (χ0) is 19.8. The highest BCUT2D eigenvalue weighted by Gasteiger charge is 2.39. The highest BCUT2D eigenvalue weighted by Crippen LogP contribution is 2.34. The van der Waals surface area contributed by atoms with Crippen LogP contribution in [-0.2, 0) is 14.3 Å². The summed E-state index contributed by atoms with van der Waals surface area (Å²) in [6.07, 6.45) is 8.32. The minimum atomic E-state index is -0.0697. The minimum Gasteiger partial charge on any atom is -0.466 e. The van der Waals surface area contributed by atoms with Gasteiger partial charge in [-0.1, -0.05) is 19.3 Å². The van der Waals surface area contributed by atoms with E-state index in [1.807, 2.05) is 14.0 Å². The number of aliphatic imine (C=N–C) groups is 1. The van der Waals surface area contributed by atoms with Crippen LogP contribution in [0.3, 0.4) is 0 Å². The van der Waals surface area contributed by atoms with Crippen LogP contribution in [0.25, 0.3) is 0 Å². The Morgan fingerprint density at radius 3 is 2.55 bits per heavy atom. The molecule has 0 amide bonds. The second-order valence-electron chi connectivity index (χ2n) is 8.32. The van der Waals surface area contributed by atoms with Gasteiger partial charge in [0.2, 0.25) is 0 Å². The van der Waals surface area contributed by atoms with Crippen molar-refractivity contribution in [3.8, 4) is 0 Å². The van der Waals surface area contributed by atoms with Gasteiger partial charge in [-0.25, -0.2) is 0 Å². The monoisotopic (exact) mass is 522 g/mol. The van der Waals surface area contributed by atoms with Gasteiger partial charge in [-0.3, -0.25) is 14.7 Å². The molecule has 3 aliphatic rings. The van der Waals surface area contributed by atoms with Crippen molar-refractivity contribution in [2.24, 2.45) is 10.9 Å². The number of esters is 1. The van der Waals surface area contributed by atoms with Crippen LogP contribution < -0.4 is 5.32 Å². The molecule has 0 spiro atoms. The van der Waals surface area contributed by atoms with Crippen molar-refractivity contribution in [3.05, 3.63) is 0 Å². The van der Waals surface area contributed by atoms with Crippen LogP contribution in [0, 0.1) is 5.92 Å². The quantitative estimate of drug-likeness (QED) is 0.259. The summed E-state index contributed by atoms with van der Waals surface area (Å²) in [5.41, 5.74) is 0.203. The number of hydrogen-bond donors (Lipinski definition) is 1. The molecule has 1 saturated carbocycles. The Kier molecular flexibility index (Phi) is 10.5. The lowest BCUT2D eigenvalue weighted by molar-refractivity contribution is -0.149. The van der Waals surface area contributed by atoms with Crippen LogP contribution in [0.1, 0.15) is 51.9 Å². The molecular formula is C21H39IN4O3. The lowest BCUT2D eigenvalue weighted by Crippen LogP contribution is -2.61. The molecule has 0 aromatic carbocycles. The highest BCUT2D eigenvalue weighted by molar-refractivity contribution is 14.0. The molecular weight excluding hydrogens is 483 g/mol. The number of carbonyl (C=O) groups excluding carboxylic acids is 1. The second kappa shape index (κ2) is 12.3. The minimum absolute atomic E-state index is 0. The summed E-state index contributed by atoms with van der Waals surface area (Å²) >= 11 is 0. The first-order valence-corrected chi connectivity index (χ1v) is 11.1. The number of piperidine rings is 1. The molecule has 1 atom stereocenters. The van der Waals surface area contributed by atoms with E-state index in [1.165, 1.54) is 32.1 Å². The van der Waals surface area contributed by atoms with Crippen LogP contribution in [0.4, 0.5) is 0 Å². The lowest BCUT2D eigenvalue weighted by atomic mass is 9.79. The van der Waals surface area contributed by atoms with Crippen LogP contribution in [-0.4, -0.2) is 86.9 Å². The van der Waals surface area contributed by atoms with E-state index < -0.39 is 0 Å². The number of nitrogens with zero attached hydrogens (tertiary/aromatic N) is 3. The fraction of sp³-hybridized carbons (Fsp3) is 0.905. The Bertz CT molecular complexity index is 534. The van der Waals surface area contributed by atoms with E-state index >= 15 is 0 Å². The number of nitrogens with one attached hydrogen (secondary N) is 1. The van der Waals surface area contributed by atoms with Crippen LogP contribution in [0.2, 0.25) is 0 Å². The number of hydrogen-bond acceptors (Lipinski definition) is 5. The molecule has 7 nitrogen and oxygen atoms in total. The standard InChI is InChI=1S/C21H38N4O3.HI/c1-3-28-19(26)18-8-7-11-24(16-18)20(22-2)23-17-21(9-5-4-6-10-21)25-12-14-27-15-13-25;/h18H,3-17H2,1-2H3,(H,22,23);1H. The molecule has 2 saturated heterocycles.